The van der Waals surface area contributed by atoms with Crippen molar-refractivity contribution in [2.45, 2.75) is 58.6 Å². The summed E-state index contributed by atoms with van der Waals surface area (Å²) in [5.41, 5.74) is 0. The van der Waals surface area contributed by atoms with Gasteiger partial charge in [-0.25, -0.2) is 0 Å². The van der Waals surface area contributed by atoms with E-state index in [1.165, 1.54) is 19.3 Å². The summed E-state index contributed by atoms with van der Waals surface area (Å²) >= 11 is 0. The molecule has 2 unspecified atom stereocenters. The van der Waals surface area contributed by atoms with Crippen molar-refractivity contribution in [2.24, 2.45) is 5.92 Å². The molecule has 3 nitrogen and oxygen atoms in total. The normalized spacial score (nSPS) is 22.6. The fourth-order valence-electron chi connectivity index (χ4n) is 2.60. The molecule has 0 spiro atoms. The molecule has 3 heteroatoms. The van der Waals surface area contributed by atoms with Gasteiger partial charge in [-0.15, -0.1) is 0 Å². The maximum atomic E-state index is 9.65. The van der Waals surface area contributed by atoms with Crippen LogP contribution in [0.3, 0.4) is 0 Å². The van der Waals surface area contributed by atoms with Crippen LogP contribution >= 0.6 is 0 Å². The Labute approximate surface area is 107 Å². The molecule has 0 aromatic rings. The number of hydrogen-bond donors (Lipinski definition) is 2. The molecule has 1 heterocycles. The van der Waals surface area contributed by atoms with Gasteiger partial charge in [-0.3, -0.25) is 0 Å². The van der Waals surface area contributed by atoms with Crippen LogP contribution in [-0.4, -0.2) is 48.3 Å². The minimum Gasteiger partial charge on any atom is -0.392 e. The fourth-order valence-corrected chi connectivity index (χ4v) is 2.60. The van der Waals surface area contributed by atoms with Crippen LogP contribution in [0.4, 0.5) is 0 Å². The minimum atomic E-state index is -0.137. The van der Waals surface area contributed by atoms with E-state index in [9.17, 15) is 5.11 Å². The summed E-state index contributed by atoms with van der Waals surface area (Å²) in [6.45, 7) is 10.9. The number of hydrogen-bond acceptors (Lipinski definition) is 3. The van der Waals surface area contributed by atoms with Crippen molar-refractivity contribution in [3.8, 4) is 0 Å². The van der Waals surface area contributed by atoms with E-state index in [-0.39, 0.29) is 6.10 Å². The average Bonchev–Trinajstić information content (AvgIpc) is 2.36. The van der Waals surface area contributed by atoms with Crippen LogP contribution in [0.2, 0.25) is 0 Å². The van der Waals surface area contributed by atoms with Gasteiger partial charge in [0.2, 0.25) is 0 Å². The topological polar surface area (TPSA) is 35.5 Å². The number of nitrogens with zero attached hydrogens (tertiary/aromatic N) is 1. The van der Waals surface area contributed by atoms with Crippen LogP contribution in [0.5, 0.6) is 0 Å². The summed E-state index contributed by atoms with van der Waals surface area (Å²) in [6.07, 6.45) is 4.49. The summed E-state index contributed by atoms with van der Waals surface area (Å²) in [7, 11) is 0. The number of nitrogens with one attached hydrogen (secondary N) is 1. The van der Waals surface area contributed by atoms with Gasteiger partial charge < -0.3 is 15.3 Å². The molecule has 2 N–H and O–H groups in total. The molecule has 1 rings (SSSR count). The molecule has 1 aliphatic rings. The first-order valence-electron chi connectivity index (χ1n) is 7.31. The van der Waals surface area contributed by atoms with E-state index in [0.29, 0.717) is 6.04 Å². The van der Waals surface area contributed by atoms with Crippen molar-refractivity contribution >= 4 is 0 Å². The van der Waals surface area contributed by atoms with Crippen molar-refractivity contribution in [2.75, 3.05) is 26.2 Å². The third kappa shape index (κ3) is 5.36. The second-order valence-corrected chi connectivity index (χ2v) is 5.44. The van der Waals surface area contributed by atoms with E-state index in [4.69, 9.17) is 0 Å². The summed E-state index contributed by atoms with van der Waals surface area (Å²) in [4.78, 5) is 2.41. The molecule has 0 radical (unpaired) electrons. The lowest BCUT2D eigenvalue weighted by Crippen LogP contribution is -2.44. The highest BCUT2D eigenvalue weighted by molar-refractivity contribution is 4.80. The molecule has 0 aromatic heterocycles. The van der Waals surface area contributed by atoms with Gasteiger partial charge in [-0.2, -0.15) is 0 Å². The van der Waals surface area contributed by atoms with Crippen LogP contribution in [0, 0.1) is 5.92 Å². The number of piperidine rings is 1. The second-order valence-electron chi connectivity index (χ2n) is 5.44. The monoisotopic (exact) mass is 242 g/mol. The molecule has 1 fully saturated rings. The number of aliphatic hydroxyl groups excluding tert-OH is 1. The maximum absolute atomic E-state index is 9.65. The Hall–Kier alpha value is -0.120. The van der Waals surface area contributed by atoms with Crippen LogP contribution < -0.4 is 5.32 Å². The molecule has 0 aliphatic carbocycles. The van der Waals surface area contributed by atoms with Crippen molar-refractivity contribution < 1.29 is 5.11 Å². The highest BCUT2D eigenvalue weighted by Crippen LogP contribution is 2.20. The van der Waals surface area contributed by atoms with Crippen LogP contribution in [-0.2, 0) is 0 Å². The highest BCUT2D eigenvalue weighted by atomic mass is 16.3. The molecule has 0 saturated carbocycles. The van der Waals surface area contributed by atoms with E-state index in [1.54, 1.807) is 0 Å². The van der Waals surface area contributed by atoms with Gasteiger partial charge in [0.15, 0.2) is 0 Å². The first kappa shape index (κ1) is 14.9. The van der Waals surface area contributed by atoms with Crippen LogP contribution in [0.15, 0.2) is 0 Å². The Morgan fingerprint density at radius 1 is 1.29 bits per heavy atom. The van der Waals surface area contributed by atoms with E-state index < -0.39 is 0 Å². The Balaban J connectivity index is 2.20. The van der Waals surface area contributed by atoms with Crippen molar-refractivity contribution in [3.63, 3.8) is 0 Å². The molecule has 1 saturated heterocycles. The third-order valence-electron chi connectivity index (χ3n) is 4.00. The number of rotatable bonds is 7. The SMILES string of the molecule is CCCNC(C)C1CCN(CC(O)CC)CC1. The predicted octanol–water partition coefficient (Wildman–Crippen LogP) is 1.86. The largest absolute Gasteiger partial charge is 0.392 e. The smallest absolute Gasteiger partial charge is 0.0664 e. The summed E-state index contributed by atoms with van der Waals surface area (Å²) in [6, 6.07) is 0.646. The van der Waals surface area contributed by atoms with Gasteiger partial charge in [0, 0.05) is 12.6 Å². The molecular formula is C14H30N2O. The quantitative estimate of drug-likeness (QED) is 0.715. The van der Waals surface area contributed by atoms with E-state index in [1.807, 2.05) is 6.92 Å². The lowest BCUT2D eigenvalue weighted by Gasteiger charge is -2.36. The zero-order valence-corrected chi connectivity index (χ0v) is 11.8. The molecule has 0 amide bonds. The van der Waals surface area contributed by atoms with Gasteiger partial charge in [-0.05, 0) is 58.2 Å². The first-order chi connectivity index (χ1) is 8.17. The van der Waals surface area contributed by atoms with E-state index >= 15 is 0 Å². The lowest BCUT2D eigenvalue weighted by atomic mass is 9.90. The first-order valence-corrected chi connectivity index (χ1v) is 7.31. The standard InChI is InChI=1S/C14H30N2O/c1-4-8-15-12(3)13-6-9-16(10-7-13)11-14(17)5-2/h12-15,17H,4-11H2,1-3H3. The Morgan fingerprint density at radius 3 is 2.47 bits per heavy atom. The van der Waals surface area contributed by atoms with Crippen molar-refractivity contribution in [1.29, 1.82) is 0 Å². The highest BCUT2D eigenvalue weighted by Gasteiger charge is 2.24. The minimum absolute atomic E-state index is 0.137. The predicted molar refractivity (Wildman–Crippen MR) is 73.2 cm³/mol. The second kappa shape index (κ2) is 8.06. The zero-order valence-electron chi connectivity index (χ0n) is 11.8. The summed E-state index contributed by atoms with van der Waals surface area (Å²) < 4.78 is 0. The van der Waals surface area contributed by atoms with Gasteiger partial charge in [0.05, 0.1) is 6.10 Å². The molecular weight excluding hydrogens is 212 g/mol. The molecule has 17 heavy (non-hydrogen) atoms. The fraction of sp³-hybridized carbons (Fsp3) is 1.00. The summed E-state index contributed by atoms with van der Waals surface area (Å²) in [5, 5.41) is 13.2. The van der Waals surface area contributed by atoms with Gasteiger partial charge >= 0.3 is 0 Å². The van der Waals surface area contributed by atoms with Crippen LogP contribution in [0.1, 0.15) is 46.5 Å². The maximum Gasteiger partial charge on any atom is 0.0664 e. The Bertz CT molecular complexity index is 191. The van der Waals surface area contributed by atoms with Gasteiger partial charge in [0.25, 0.3) is 0 Å². The van der Waals surface area contributed by atoms with Crippen molar-refractivity contribution in [1.82, 2.24) is 10.2 Å². The Morgan fingerprint density at radius 2 is 1.94 bits per heavy atom. The number of aliphatic hydroxyl groups is 1. The average molecular weight is 242 g/mol. The molecule has 102 valence electrons. The van der Waals surface area contributed by atoms with E-state index in [2.05, 4.69) is 24.1 Å². The zero-order chi connectivity index (χ0) is 12.7. The molecule has 0 bridgehead atoms. The van der Waals surface area contributed by atoms with Gasteiger partial charge in [-0.1, -0.05) is 13.8 Å². The summed E-state index contributed by atoms with van der Waals surface area (Å²) in [5.74, 6) is 0.816. The van der Waals surface area contributed by atoms with E-state index in [0.717, 1.165) is 38.5 Å². The third-order valence-corrected chi connectivity index (χ3v) is 4.00. The molecule has 2 atom stereocenters. The molecule has 1 aliphatic heterocycles. The van der Waals surface area contributed by atoms with Crippen LogP contribution in [0.25, 0.3) is 0 Å². The number of likely N-dealkylation sites (tertiary alicyclic amines) is 1. The lowest BCUT2D eigenvalue weighted by molar-refractivity contribution is 0.0817. The Kier molecular flexibility index (Phi) is 7.09. The van der Waals surface area contributed by atoms with Crippen molar-refractivity contribution in [3.05, 3.63) is 0 Å². The number of β-amino-alcohol motifs (C(OH)–C–C–N with tert-alkyl or cyclic N) is 1. The van der Waals surface area contributed by atoms with Gasteiger partial charge in [0.1, 0.15) is 0 Å². The molecule has 0 aromatic carbocycles.